The Morgan fingerprint density at radius 3 is 2.29 bits per heavy atom. The molecule has 0 radical (unpaired) electrons. The Labute approximate surface area is 101 Å². The van der Waals surface area contributed by atoms with Gasteiger partial charge in [0.2, 0.25) is 5.75 Å². The molecule has 0 spiro atoms. The third kappa shape index (κ3) is 2.60. The summed E-state index contributed by atoms with van der Waals surface area (Å²) in [6.45, 7) is 0. The predicted molar refractivity (Wildman–Crippen MR) is 63.3 cm³/mol. The second-order valence-corrected chi connectivity index (χ2v) is 3.39. The van der Waals surface area contributed by atoms with Gasteiger partial charge in [-0.2, -0.15) is 5.26 Å². The molecule has 5 heteroatoms. The van der Waals surface area contributed by atoms with Crippen molar-refractivity contribution in [3.05, 3.63) is 17.7 Å². The Hall–Kier alpha value is -1.93. The van der Waals surface area contributed by atoms with Crippen LogP contribution in [0.4, 0.5) is 0 Å². The number of benzene rings is 1. The van der Waals surface area contributed by atoms with Crippen LogP contribution in [0, 0.1) is 11.3 Å². The van der Waals surface area contributed by atoms with E-state index in [1.54, 1.807) is 19.2 Å². The minimum atomic E-state index is -0.408. The van der Waals surface area contributed by atoms with Crippen molar-refractivity contribution in [2.24, 2.45) is 5.73 Å². The van der Waals surface area contributed by atoms with E-state index in [0.29, 0.717) is 17.2 Å². The van der Waals surface area contributed by atoms with E-state index in [0.717, 1.165) is 5.56 Å². The summed E-state index contributed by atoms with van der Waals surface area (Å²) in [5.74, 6) is 1.56. The zero-order valence-electron chi connectivity index (χ0n) is 10.2. The molecule has 0 saturated heterocycles. The number of hydrogen-bond acceptors (Lipinski definition) is 5. The van der Waals surface area contributed by atoms with Crippen LogP contribution < -0.4 is 19.9 Å². The van der Waals surface area contributed by atoms with E-state index in [-0.39, 0.29) is 6.42 Å². The van der Waals surface area contributed by atoms with Gasteiger partial charge in [0.25, 0.3) is 0 Å². The molecule has 1 aromatic carbocycles. The van der Waals surface area contributed by atoms with Crippen molar-refractivity contribution in [2.75, 3.05) is 21.3 Å². The summed E-state index contributed by atoms with van der Waals surface area (Å²) in [5, 5.41) is 8.66. The summed E-state index contributed by atoms with van der Waals surface area (Å²) in [7, 11) is 4.60. The quantitative estimate of drug-likeness (QED) is 0.840. The van der Waals surface area contributed by atoms with Gasteiger partial charge in [-0.1, -0.05) is 0 Å². The molecular weight excluding hydrogens is 220 g/mol. The molecule has 0 heterocycles. The lowest BCUT2D eigenvalue weighted by Gasteiger charge is -2.18. The lowest BCUT2D eigenvalue weighted by atomic mass is 10.0. The van der Waals surface area contributed by atoms with Crippen molar-refractivity contribution >= 4 is 0 Å². The molecule has 1 atom stereocenters. The first-order valence-corrected chi connectivity index (χ1v) is 5.11. The normalized spacial score (nSPS) is 11.5. The molecule has 0 aliphatic carbocycles. The largest absolute Gasteiger partial charge is 0.493 e. The highest BCUT2D eigenvalue weighted by molar-refractivity contribution is 5.56. The van der Waals surface area contributed by atoms with E-state index in [2.05, 4.69) is 0 Å². The number of ether oxygens (including phenoxy) is 3. The maximum atomic E-state index is 8.66. The van der Waals surface area contributed by atoms with Gasteiger partial charge in [-0.05, 0) is 12.1 Å². The Kier molecular flexibility index (Phi) is 4.61. The fourth-order valence-electron chi connectivity index (χ4n) is 1.62. The van der Waals surface area contributed by atoms with Crippen LogP contribution in [0.15, 0.2) is 12.1 Å². The van der Waals surface area contributed by atoms with E-state index in [9.17, 15) is 0 Å². The first-order chi connectivity index (χ1) is 8.19. The number of rotatable bonds is 5. The maximum Gasteiger partial charge on any atom is 0.203 e. The zero-order chi connectivity index (χ0) is 12.8. The Morgan fingerprint density at radius 1 is 1.18 bits per heavy atom. The molecular formula is C12H16N2O3. The van der Waals surface area contributed by atoms with Crippen LogP contribution in [0.5, 0.6) is 17.2 Å². The van der Waals surface area contributed by atoms with Crippen LogP contribution in [0.2, 0.25) is 0 Å². The van der Waals surface area contributed by atoms with Gasteiger partial charge in [0.05, 0.1) is 33.8 Å². The molecule has 17 heavy (non-hydrogen) atoms. The van der Waals surface area contributed by atoms with E-state index in [4.69, 9.17) is 25.2 Å². The third-order valence-corrected chi connectivity index (χ3v) is 2.45. The molecule has 0 aromatic heterocycles. The van der Waals surface area contributed by atoms with Gasteiger partial charge >= 0.3 is 0 Å². The van der Waals surface area contributed by atoms with Crippen molar-refractivity contribution in [1.29, 1.82) is 5.26 Å². The zero-order valence-corrected chi connectivity index (χ0v) is 10.2. The standard InChI is InChI=1S/C12H16N2O3/c1-15-10-5-4-8(9(14)6-7-13)11(16-2)12(10)17-3/h4-5,9H,6,14H2,1-3H3/t9-/m0/s1. The van der Waals surface area contributed by atoms with Crippen molar-refractivity contribution in [3.63, 3.8) is 0 Å². The Balaban J connectivity index is 3.28. The molecule has 0 aliphatic rings. The van der Waals surface area contributed by atoms with Gasteiger partial charge in [-0.25, -0.2) is 0 Å². The highest BCUT2D eigenvalue weighted by Crippen LogP contribution is 2.41. The van der Waals surface area contributed by atoms with Crippen LogP contribution >= 0.6 is 0 Å². The highest BCUT2D eigenvalue weighted by atomic mass is 16.5. The number of nitriles is 1. The van der Waals surface area contributed by atoms with Crippen LogP contribution in [0.1, 0.15) is 18.0 Å². The monoisotopic (exact) mass is 236 g/mol. The van der Waals surface area contributed by atoms with Gasteiger partial charge in [0.1, 0.15) is 0 Å². The molecule has 0 aliphatic heterocycles. The summed E-state index contributed by atoms with van der Waals surface area (Å²) >= 11 is 0. The van der Waals surface area contributed by atoms with E-state index in [1.807, 2.05) is 6.07 Å². The average molecular weight is 236 g/mol. The summed E-state index contributed by atoms with van der Waals surface area (Å²) in [6, 6.07) is 5.15. The smallest absolute Gasteiger partial charge is 0.203 e. The summed E-state index contributed by atoms with van der Waals surface area (Å²) < 4.78 is 15.7. The molecule has 1 rings (SSSR count). The van der Waals surface area contributed by atoms with Gasteiger partial charge in [0.15, 0.2) is 11.5 Å². The molecule has 0 fully saturated rings. The van der Waals surface area contributed by atoms with Crippen molar-refractivity contribution in [3.8, 4) is 23.3 Å². The molecule has 0 saturated carbocycles. The maximum absolute atomic E-state index is 8.66. The fourth-order valence-corrected chi connectivity index (χ4v) is 1.62. The second kappa shape index (κ2) is 5.97. The van der Waals surface area contributed by atoms with Crippen molar-refractivity contribution in [1.82, 2.24) is 0 Å². The van der Waals surface area contributed by atoms with Gasteiger partial charge in [-0.15, -0.1) is 0 Å². The Morgan fingerprint density at radius 2 is 1.82 bits per heavy atom. The Bertz CT molecular complexity index is 426. The average Bonchev–Trinajstić information content (AvgIpc) is 2.36. The van der Waals surface area contributed by atoms with Crippen LogP contribution in [0.3, 0.4) is 0 Å². The number of methoxy groups -OCH3 is 3. The molecule has 92 valence electrons. The van der Waals surface area contributed by atoms with Crippen LogP contribution in [-0.2, 0) is 0 Å². The van der Waals surface area contributed by atoms with Gasteiger partial charge in [-0.3, -0.25) is 0 Å². The number of hydrogen-bond donors (Lipinski definition) is 1. The summed E-state index contributed by atoms with van der Waals surface area (Å²) in [4.78, 5) is 0. The number of nitrogens with zero attached hydrogens (tertiary/aromatic N) is 1. The van der Waals surface area contributed by atoms with Gasteiger partial charge < -0.3 is 19.9 Å². The molecule has 1 aromatic rings. The topological polar surface area (TPSA) is 77.5 Å². The summed E-state index contributed by atoms with van der Waals surface area (Å²) in [6.07, 6.45) is 0.214. The van der Waals surface area contributed by atoms with E-state index >= 15 is 0 Å². The second-order valence-electron chi connectivity index (χ2n) is 3.39. The van der Waals surface area contributed by atoms with Gasteiger partial charge in [0, 0.05) is 11.6 Å². The SMILES string of the molecule is COc1ccc([C@@H](N)CC#N)c(OC)c1OC. The molecule has 5 nitrogen and oxygen atoms in total. The lowest BCUT2D eigenvalue weighted by molar-refractivity contribution is 0.321. The molecule has 0 amide bonds. The first-order valence-electron chi connectivity index (χ1n) is 5.11. The number of nitrogens with two attached hydrogens (primary N) is 1. The first kappa shape index (κ1) is 13.1. The minimum absolute atomic E-state index is 0.214. The van der Waals surface area contributed by atoms with Crippen molar-refractivity contribution in [2.45, 2.75) is 12.5 Å². The third-order valence-electron chi connectivity index (χ3n) is 2.45. The van der Waals surface area contributed by atoms with Crippen LogP contribution in [-0.4, -0.2) is 21.3 Å². The summed E-state index contributed by atoms with van der Waals surface area (Å²) in [5.41, 5.74) is 6.63. The molecule has 2 N–H and O–H groups in total. The predicted octanol–water partition coefficient (Wildman–Crippen LogP) is 1.63. The van der Waals surface area contributed by atoms with Crippen LogP contribution in [0.25, 0.3) is 0 Å². The highest BCUT2D eigenvalue weighted by Gasteiger charge is 2.19. The molecule has 0 bridgehead atoms. The molecule has 0 unspecified atom stereocenters. The van der Waals surface area contributed by atoms with E-state index in [1.165, 1.54) is 14.2 Å². The minimum Gasteiger partial charge on any atom is -0.493 e. The van der Waals surface area contributed by atoms with E-state index < -0.39 is 6.04 Å². The van der Waals surface area contributed by atoms with Crippen molar-refractivity contribution < 1.29 is 14.2 Å². The fraction of sp³-hybridized carbons (Fsp3) is 0.417. The lowest BCUT2D eigenvalue weighted by Crippen LogP contribution is -2.11.